The molecular weight excluding hydrogens is 278 g/mol. The van der Waals surface area contributed by atoms with Crippen LogP contribution >= 0.6 is 11.3 Å². The fraction of sp³-hybridized carbons (Fsp3) is 0.571. The van der Waals surface area contributed by atoms with E-state index in [2.05, 4.69) is 5.32 Å². The van der Waals surface area contributed by atoms with Crippen LogP contribution in [-0.2, 0) is 17.6 Å². The van der Waals surface area contributed by atoms with Gasteiger partial charge in [-0.3, -0.25) is 0 Å². The third kappa shape index (κ3) is 3.50. The van der Waals surface area contributed by atoms with Crippen molar-refractivity contribution in [3.8, 4) is 0 Å². The van der Waals surface area contributed by atoms with Gasteiger partial charge in [0.25, 0.3) is 0 Å². The van der Waals surface area contributed by atoms with Crippen LogP contribution in [0.1, 0.15) is 48.0 Å². The summed E-state index contributed by atoms with van der Waals surface area (Å²) in [7, 11) is 0. The number of carboxylic acids is 1. The van der Waals surface area contributed by atoms with Crippen LogP contribution < -0.4 is 5.32 Å². The van der Waals surface area contributed by atoms with Crippen LogP contribution in [0.5, 0.6) is 0 Å². The molecule has 0 saturated carbocycles. The zero-order chi connectivity index (χ0) is 14.9. The molecule has 1 amide bonds. The highest BCUT2D eigenvalue weighted by Crippen LogP contribution is 2.30. The maximum absolute atomic E-state index is 11.7. The van der Waals surface area contributed by atoms with Crippen molar-refractivity contribution in [3.63, 3.8) is 0 Å². The average molecular weight is 297 g/mol. The SMILES string of the molecule is CC(C)(C)OC(=O)NC1CCc2scc(C(=O)O)c2C1. The average Bonchev–Trinajstić information content (AvgIpc) is 2.69. The summed E-state index contributed by atoms with van der Waals surface area (Å²) in [5, 5.41) is 13.7. The minimum absolute atomic E-state index is 0.0648. The molecule has 0 bridgehead atoms. The first kappa shape index (κ1) is 14.8. The number of aryl methyl sites for hydroxylation is 1. The third-order valence-corrected chi connectivity index (χ3v) is 4.19. The summed E-state index contributed by atoms with van der Waals surface area (Å²) in [5.41, 5.74) is 0.689. The van der Waals surface area contributed by atoms with Gasteiger partial charge < -0.3 is 15.2 Å². The molecule has 0 radical (unpaired) electrons. The Bertz CT molecular complexity index is 530. The fourth-order valence-corrected chi connectivity index (χ4v) is 3.36. The van der Waals surface area contributed by atoms with Gasteiger partial charge in [0.1, 0.15) is 5.60 Å². The molecule has 20 heavy (non-hydrogen) atoms. The molecule has 0 spiro atoms. The highest BCUT2D eigenvalue weighted by Gasteiger charge is 2.27. The molecule has 1 heterocycles. The van der Waals surface area contributed by atoms with Crippen molar-refractivity contribution in [2.45, 2.75) is 51.7 Å². The van der Waals surface area contributed by atoms with Gasteiger partial charge in [-0.05, 0) is 45.6 Å². The standard InChI is InChI=1S/C14H19NO4S/c1-14(2,3)19-13(18)15-8-4-5-11-9(6-8)10(7-20-11)12(16)17/h7-8H,4-6H2,1-3H3,(H,15,18)(H,16,17). The van der Waals surface area contributed by atoms with Crippen molar-refractivity contribution in [1.29, 1.82) is 0 Å². The second kappa shape index (κ2) is 5.44. The van der Waals surface area contributed by atoms with Gasteiger partial charge in [0.15, 0.2) is 0 Å². The Balaban J connectivity index is 2.02. The van der Waals surface area contributed by atoms with Gasteiger partial charge in [-0.2, -0.15) is 0 Å². The number of nitrogens with one attached hydrogen (secondary N) is 1. The topological polar surface area (TPSA) is 75.6 Å². The van der Waals surface area contributed by atoms with Gasteiger partial charge in [-0.1, -0.05) is 0 Å². The van der Waals surface area contributed by atoms with E-state index in [0.717, 1.165) is 23.3 Å². The van der Waals surface area contributed by atoms with Crippen molar-refractivity contribution >= 4 is 23.4 Å². The number of fused-ring (bicyclic) bond motifs is 1. The number of carbonyl (C=O) groups excluding carboxylic acids is 1. The lowest BCUT2D eigenvalue weighted by Gasteiger charge is -2.26. The molecule has 0 aliphatic heterocycles. The third-order valence-electron chi connectivity index (χ3n) is 3.10. The van der Waals surface area contributed by atoms with Crippen LogP contribution in [0, 0.1) is 0 Å². The quantitative estimate of drug-likeness (QED) is 0.880. The Kier molecular flexibility index (Phi) is 4.04. The Hall–Kier alpha value is -1.56. The van der Waals surface area contributed by atoms with Crippen molar-refractivity contribution < 1.29 is 19.4 Å². The number of hydrogen-bond acceptors (Lipinski definition) is 4. The largest absolute Gasteiger partial charge is 0.478 e. The van der Waals surface area contributed by atoms with E-state index in [0.29, 0.717) is 12.0 Å². The second-order valence-corrected chi connectivity index (χ2v) is 6.91. The minimum atomic E-state index is -0.902. The molecular formula is C14H19NO4S. The normalized spacial score (nSPS) is 18.2. The summed E-state index contributed by atoms with van der Waals surface area (Å²) in [4.78, 5) is 24.0. The first-order chi connectivity index (χ1) is 9.26. The van der Waals surface area contributed by atoms with Crippen LogP contribution in [0.4, 0.5) is 4.79 Å². The van der Waals surface area contributed by atoms with E-state index in [9.17, 15) is 9.59 Å². The molecule has 6 heteroatoms. The summed E-state index contributed by atoms with van der Waals surface area (Å²) in [6.45, 7) is 5.44. The maximum atomic E-state index is 11.7. The van der Waals surface area contributed by atoms with Crippen LogP contribution in [-0.4, -0.2) is 28.8 Å². The summed E-state index contributed by atoms with van der Waals surface area (Å²) in [6, 6.07) is -0.0648. The number of alkyl carbamates (subject to hydrolysis) is 1. The number of amides is 1. The van der Waals surface area contributed by atoms with E-state index in [1.807, 2.05) is 20.8 Å². The molecule has 2 rings (SSSR count). The Labute approximate surface area is 121 Å². The lowest BCUT2D eigenvalue weighted by Crippen LogP contribution is -2.41. The summed E-state index contributed by atoms with van der Waals surface area (Å²) >= 11 is 1.49. The molecule has 0 fully saturated rings. The zero-order valence-corrected chi connectivity index (χ0v) is 12.7. The molecule has 1 aliphatic carbocycles. The number of ether oxygens (including phenoxy) is 1. The Morgan fingerprint density at radius 2 is 2.15 bits per heavy atom. The van der Waals surface area contributed by atoms with Crippen LogP contribution in [0.2, 0.25) is 0 Å². The highest BCUT2D eigenvalue weighted by molar-refractivity contribution is 7.10. The van der Waals surface area contributed by atoms with Crippen molar-refractivity contribution in [3.05, 3.63) is 21.4 Å². The van der Waals surface area contributed by atoms with Gasteiger partial charge in [0, 0.05) is 16.3 Å². The fourth-order valence-electron chi connectivity index (χ4n) is 2.29. The molecule has 0 saturated heterocycles. The second-order valence-electron chi connectivity index (χ2n) is 5.94. The first-order valence-electron chi connectivity index (χ1n) is 6.58. The minimum Gasteiger partial charge on any atom is -0.478 e. The predicted octanol–water partition coefficient (Wildman–Crippen LogP) is 2.83. The van der Waals surface area contributed by atoms with E-state index < -0.39 is 17.7 Å². The van der Waals surface area contributed by atoms with E-state index in [1.54, 1.807) is 5.38 Å². The molecule has 0 aromatic carbocycles. The highest BCUT2D eigenvalue weighted by atomic mass is 32.1. The van der Waals surface area contributed by atoms with Crippen molar-refractivity contribution in [1.82, 2.24) is 5.32 Å². The Morgan fingerprint density at radius 3 is 2.75 bits per heavy atom. The van der Waals surface area contributed by atoms with E-state index in [1.165, 1.54) is 11.3 Å². The number of thiophene rings is 1. The summed E-state index contributed by atoms with van der Waals surface area (Å²) < 4.78 is 5.22. The summed E-state index contributed by atoms with van der Waals surface area (Å²) in [6.07, 6.45) is 1.72. The zero-order valence-electron chi connectivity index (χ0n) is 11.9. The van der Waals surface area contributed by atoms with Crippen LogP contribution in [0.25, 0.3) is 0 Å². The number of carbonyl (C=O) groups is 2. The summed E-state index contributed by atoms with van der Waals surface area (Å²) in [5.74, 6) is -0.902. The molecule has 1 aromatic rings. The molecule has 1 aromatic heterocycles. The van der Waals surface area contributed by atoms with Gasteiger partial charge in [0.05, 0.1) is 5.56 Å². The van der Waals surface area contributed by atoms with Crippen molar-refractivity contribution in [2.75, 3.05) is 0 Å². The van der Waals surface area contributed by atoms with Crippen molar-refractivity contribution in [2.24, 2.45) is 0 Å². The number of rotatable bonds is 2. The van der Waals surface area contributed by atoms with E-state index >= 15 is 0 Å². The van der Waals surface area contributed by atoms with Crippen LogP contribution in [0.15, 0.2) is 5.38 Å². The molecule has 5 nitrogen and oxygen atoms in total. The molecule has 110 valence electrons. The molecule has 1 unspecified atom stereocenters. The van der Waals surface area contributed by atoms with Gasteiger partial charge in [-0.15, -0.1) is 11.3 Å². The predicted molar refractivity (Wildman–Crippen MR) is 76.5 cm³/mol. The smallest absolute Gasteiger partial charge is 0.407 e. The molecule has 2 N–H and O–H groups in total. The molecule has 1 atom stereocenters. The maximum Gasteiger partial charge on any atom is 0.407 e. The van der Waals surface area contributed by atoms with E-state index in [-0.39, 0.29) is 6.04 Å². The first-order valence-corrected chi connectivity index (χ1v) is 7.46. The van der Waals surface area contributed by atoms with Gasteiger partial charge in [0.2, 0.25) is 0 Å². The number of aromatic carboxylic acids is 1. The number of hydrogen-bond donors (Lipinski definition) is 2. The van der Waals surface area contributed by atoms with Gasteiger partial charge in [-0.25, -0.2) is 9.59 Å². The van der Waals surface area contributed by atoms with Gasteiger partial charge >= 0.3 is 12.1 Å². The Morgan fingerprint density at radius 1 is 1.45 bits per heavy atom. The lowest BCUT2D eigenvalue weighted by atomic mass is 9.92. The van der Waals surface area contributed by atoms with E-state index in [4.69, 9.17) is 9.84 Å². The lowest BCUT2D eigenvalue weighted by molar-refractivity contribution is 0.0500. The monoisotopic (exact) mass is 297 g/mol. The number of carboxylic acid groups (broad SMARTS) is 1. The van der Waals surface area contributed by atoms with Crippen LogP contribution in [0.3, 0.4) is 0 Å². The molecule has 1 aliphatic rings.